The van der Waals surface area contributed by atoms with Crippen LogP contribution in [0.25, 0.3) is 0 Å². The summed E-state index contributed by atoms with van der Waals surface area (Å²) >= 11 is 0. The largest absolute Gasteiger partial charge is 0.462 e. The number of hydrogen-bond donors (Lipinski definition) is 1. The van der Waals surface area contributed by atoms with Gasteiger partial charge in [-0.15, -0.1) is 0 Å². The highest BCUT2D eigenvalue weighted by Gasteiger charge is 2.02. The Hall–Kier alpha value is -0.640. The summed E-state index contributed by atoms with van der Waals surface area (Å²) < 4.78 is 0. The molecule has 0 heterocycles. The van der Waals surface area contributed by atoms with Crippen molar-refractivity contribution in [3.8, 4) is 12.0 Å². The van der Waals surface area contributed by atoms with Crippen LogP contribution in [0.3, 0.4) is 0 Å². The van der Waals surface area contributed by atoms with Crippen molar-refractivity contribution in [3.63, 3.8) is 0 Å². The molecule has 64 valence electrons. The second kappa shape index (κ2) is 7.47. The van der Waals surface area contributed by atoms with Gasteiger partial charge in [-0.2, -0.15) is 0 Å². The van der Waals surface area contributed by atoms with E-state index >= 15 is 0 Å². The third-order valence-corrected chi connectivity index (χ3v) is 2.01. The minimum Gasteiger partial charge on any atom is -0.462 e. The molecule has 0 aromatic heterocycles. The smallest absolute Gasteiger partial charge is 0.107 e. The molecule has 0 amide bonds. The Labute approximate surface area is 69.8 Å². The Morgan fingerprint density at radius 1 is 1.36 bits per heavy atom. The second-order valence-corrected chi connectivity index (χ2v) is 2.91. The van der Waals surface area contributed by atoms with Crippen LogP contribution in [0.15, 0.2) is 0 Å². The zero-order valence-electron chi connectivity index (χ0n) is 7.56. The van der Waals surface area contributed by atoms with Crippen molar-refractivity contribution < 1.29 is 5.11 Å². The van der Waals surface area contributed by atoms with Gasteiger partial charge in [0.2, 0.25) is 0 Å². The van der Waals surface area contributed by atoms with Gasteiger partial charge in [0, 0.05) is 6.42 Å². The lowest BCUT2D eigenvalue weighted by Crippen LogP contribution is -1.96. The molecule has 1 atom stereocenters. The van der Waals surface area contributed by atoms with Crippen molar-refractivity contribution in [3.05, 3.63) is 0 Å². The van der Waals surface area contributed by atoms with Gasteiger partial charge in [0.15, 0.2) is 0 Å². The van der Waals surface area contributed by atoms with Crippen molar-refractivity contribution in [2.24, 2.45) is 5.92 Å². The van der Waals surface area contributed by atoms with Gasteiger partial charge < -0.3 is 5.11 Å². The van der Waals surface area contributed by atoms with Crippen LogP contribution in [-0.4, -0.2) is 5.11 Å². The van der Waals surface area contributed by atoms with Crippen LogP contribution < -0.4 is 0 Å². The average Bonchev–Trinajstić information content (AvgIpc) is 2.05. The lowest BCUT2D eigenvalue weighted by atomic mass is 9.96. The molecule has 0 aliphatic heterocycles. The molecule has 1 heteroatoms. The Morgan fingerprint density at radius 2 is 2.09 bits per heavy atom. The topological polar surface area (TPSA) is 20.2 Å². The zero-order chi connectivity index (χ0) is 8.53. The molecule has 0 radical (unpaired) electrons. The number of aliphatic hydroxyl groups is 1. The van der Waals surface area contributed by atoms with E-state index in [9.17, 15) is 0 Å². The summed E-state index contributed by atoms with van der Waals surface area (Å²) in [6.07, 6.45) is 7.78. The molecule has 0 saturated carbocycles. The molecular formula is C10H18O. The fourth-order valence-corrected chi connectivity index (χ4v) is 1.13. The van der Waals surface area contributed by atoms with Gasteiger partial charge in [-0.25, -0.2) is 0 Å². The van der Waals surface area contributed by atoms with Crippen molar-refractivity contribution >= 4 is 0 Å². The first-order valence-electron chi connectivity index (χ1n) is 4.47. The van der Waals surface area contributed by atoms with E-state index in [4.69, 9.17) is 5.11 Å². The number of hydrogen-bond acceptors (Lipinski definition) is 1. The first kappa shape index (κ1) is 10.4. The second-order valence-electron chi connectivity index (χ2n) is 2.91. The monoisotopic (exact) mass is 154 g/mol. The van der Waals surface area contributed by atoms with Crippen LogP contribution in [0.4, 0.5) is 0 Å². The van der Waals surface area contributed by atoms with Gasteiger partial charge in [-0.1, -0.05) is 39.0 Å². The van der Waals surface area contributed by atoms with E-state index in [1.807, 2.05) is 6.11 Å². The Kier molecular flexibility index (Phi) is 7.03. The molecule has 0 saturated heterocycles. The van der Waals surface area contributed by atoms with E-state index < -0.39 is 0 Å². The normalized spacial score (nSPS) is 11.8. The molecule has 0 aromatic carbocycles. The molecule has 0 bridgehead atoms. The molecule has 1 nitrogen and oxygen atoms in total. The fourth-order valence-electron chi connectivity index (χ4n) is 1.13. The molecule has 0 aliphatic carbocycles. The van der Waals surface area contributed by atoms with Gasteiger partial charge in [0.1, 0.15) is 6.11 Å². The number of unbranched alkanes of at least 4 members (excludes halogenated alkanes) is 1. The van der Waals surface area contributed by atoms with Gasteiger partial charge >= 0.3 is 0 Å². The van der Waals surface area contributed by atoms with E-state index in [0.717, 1.165) is 6.42 Å². The fraction of sp³-hybridized carbons (Fsp3) is 0.800. The van der Waals surface area contributed by atoms with Crippen molar-refractivity contribution in [2.75, 3.05) is 0 Å². The maximum absolute atomic E-state index is 8.27. The number of rotatable bonds is 5. The van der Waals surface area contributed by atoms with Gasteiger partial charge in [-0.05, 0) is 12.3 Å². The van der Waals surface area contributed by atoms with E-state index in [-0.39, 0.29) is 0 Å². The van der Waals surface area contributed by atoms with Crippen molar-refractivity contribution in [1.82, 2.24) is 0 Å². The standard InChI is InChI=1S/C10H18O/c1-3-5-7-10(4-2)8-6-9-11/h10-11H,3-5,7-8H2,1-2H3. The number of aliphatic hydroxyl groups excluding tert-OH is 1. The zero-order valence-corrected chi connectivity index (χ0v) is 7.56. The molecule has 0 aliphatic rings. The summed E-state index contributed by atoms with van der Waals surface area (Å²) in [6.45, 7) is 4.38. The first-order valence-corrected chi connectivity index (χ1v) is 4.47. The van der Waals surface area contributed by atoms with E-state index in [1.165, 1.54) is 25.7 Å². The molecule has 0 rings (SSSR count). The van der Waals surface area contributed by atoms with Crippen LogP contribution in [0.1, 0.15) is 46.0 Å². The summed E-state index contributed by atoms with van der Waals surface area (Å²) in [5.74, 6) is 3.40. The van der Waals surface area contributed by atoms with Gasteiger partial charge in [0.05, 0.1) is 0 Å². The van der Waals surface area contributed by atoms with Crippen LogP contribution in [0.5, 0.6) is 0 Å². The molecule has 0 aromatic rings. The van der Waals surface area contributed by atoms with Crippen LogP contribution in [0.2, 0.25) is 0 Å². The predicted molar refractivity (Wildman–Crippen MR) is 47.6 cm³/mol. The third-order valence-electron chi connectivity index (χ3n) is 2.01. The highest BCUT2D eigenvalue weighted by atomic mass is 16.2. The van der Waals surface area contributed by atoms with Crippen molar-refractivity contribution in [2.45, 2.75) is 46.0 Å². The molecule has 1 N–H and O–H groups in total. The van der Waals surface area contributed by atoms with Gasteiger partial charge in [-0.3, -0.25) is 0 Å². The molecule has 0 fully saturated rings. The van der Waals surface area contributed by atoms with Crippen molar-refractivity contribution in [1.29, 1.82) is 0 Å². The highest BCUT2D eigenvalue weighted by Crippen LogP contribution is 2.15. The third kappa shape index (κ3) is 5.79. The summed E-state index contributed by atoms with van der Waals surface area (Å²) in [4.78, 5) is 0. The van der Waals surface area contributed by atoms with E-state index in [0.29, 0.717) is 5.92 Å². The van der Waals surface area contributed by atoms with E-state index in [2.05, 4.69) is 19.8 Å². The summed E-state index contributed by atoms with van der Waals surface area (Å²) in [6, 6.07) is 0. The lowest BCUT2D eigenvalue weighted by Gasteiger charge is -2.09. The first-order chi connectivity index (χ1) is 5.35. The molecule has 1 unspecified atom stereocenters. The minimum absolute atomic E-state index is 0.689. The molecule has 0 spiro atoms. The SMILES string of the molecule is CCCCC(CC)CC#CO. The van der Waals surface area contributed by atoms with Gasteiger partial charge in [0.25, 0.3) is 0 Å². The quantitative estimate of drug-likeness (QED) is 0.604. The maximum atomic E-state index is 8.27. The Bertz CT molecular complexity index is 130. The lowest BCUT2D eigenvalue weighted by molar-refractivity contribution is 0.457. The summed E-state index contributed by atoms with van der Waals surface area (Å²) in [5, 5.41) is 8.27. The van der Waals surface area contributed by atoms with E-state index in [1.54, 1.807) is 0 Å². The molecular weight excluding hydrogens is 136 g/mol. The average molecular weight is 154 g/mol. The summed E-state index contributed by atoms with van der Waals surface area (Å²) in [5.41, 5.74) is 0. The molecule has 11 heavy (non-hydrogen) atoms. The van der Waals surface area contributed by atoms with Crippen LogP contribution in [0, 0.1) is 17.9 Å². The van der Waals surface area contributed by atoms with Crippen LogP contribution >= 0.6 is 0 Å². The minimum atomic E-state index is 0.689. The maximum Gasteiger partial charge on any atom is 0.107 e. The highest BCUT2D eigenvalue weighted by molar-refractivity contribution is 4.91. The predicted octanol–water partition coefficient (Wildman–Crippen LogP) is 2.93. The Balaban J connectivity index is 3.46. The summed E-state index contributed by atoms with van der Waals surface area (Å²) in [7, 11) is 0. The van der Waals surface area contributed by atoms with Crippen LogP contribution in [-0.2, 0) is 0 Å². The Morgan fingerprint density at radius 3 is 2.55 bits per heavy atom.